The summed E-state index contributed by atoms with van der Waals surface area (Å²) < 4.78 is 0. The van der Waals surface area contributed by atoms with E-state index in [0.717, 1.165) is 5.96 Å². The first-order valence-electron chi connectivity index (χ1n) is 6.92. The molecule has 0 radical (unpaired) electrons. The predicted octanol–water partition coefficient (Wildman–Crippen LogP) is 0.717. The molecule has 2 rings (SSSR count). The number of amides is 2. The zero-order valence-corrected chi connectivity index (χ0v) is 14.3. The van der Waals surface area contributed by atoms with Crippen LogP contribution in [0.2, 0.25) is 0 Å². The summed E-state index contributed by atoms with van der Waals surface area (Å²) in [4.78, 5) is 28.7. The molecule has 0 aromatic heterocycles. The molecule has 20 heavy (non-hydrogen) atoms. The fourth-order valence-electron chi connectivity index (χ4n) is 2.23. The van der Waals surface area contributed by atoms with Gasteiger partial charge in [0.25, 0.3) is 0 Å². The van der Waals surface area contributed by atoms with Crippen molar-refractivity contribution in [3.8, 4) is 0 Å². The van der Waals surface area contributed by atoms with Gasteiger partial charge in [-0.25, -0.2) is 0 Å². The van der Waals surface area contributed by atoms with Crippen LogP contribution in [0.1, 0.15) is 32.6 Å². The van der Waals surface area contributed by atoms with E-state index in [1.165, 1.54) is 11.3 Å². The second kappa shape index (κ2) is 7.80. The summed E-state index contributed by atoms with van der Waals surface area (Å²) in [6.07, 6.45) is 2.82. The van der Waals surface area contributed by atoms with Gasteiger partial charge in [0.15, 0.2) is 5.96 Å². The Hall–Kier alpha value is -0.860. The van der Waals surface area contributed by atoms with Gasteiger partial charge in [0.1, 0.15) is 0 Å². The molecule has 7 heteroatoms. The molecule has 1 aliphatic heterocycles. The van der Waals surface area contributed by atoms with E-state index in [0.29, 0.717) is 44.3 Å². The first-order chi connectivity index (χ1) is 9.11. The van der Waals surface area contributed by atoms with Crippen molar-refractivity contribution in [1.29, 1.82) is 0 Å². The highest BCUT2D eigenvalue weighted by atomic mass is 127. The number of hydrogen-bond acceptors (Lipinski definition) is 3. The topological polar surface area (TPSA) is 73.8 Å². The number of rotatable bonds is 4. The summed E-state index contributed by atoms with van der Waals surface area (Å²) in [6.45, 7) is 3.15. The van der Waals surface area contributed by atoms with E-state index >= 15 is 0 Å². The van der Waals surface area contributed by atoms with Crippen molar-refractivity contribution >= 4 is 41.8 Å². The highest BCUT2D eigenvalue weighted by Crippen LogP contribution is 2.28. The highest BCUT2D eigenvalue weighted by molar-refractivity contribution is 14.0. The van der Waals surface area contributed by atoms with Crippen LogP contribution in [-0.2, 0) is 9.59 Å². The quantitative estimate of drug-likeness (QED) is 0.319. The minimum Gasteiger partial charge on any atom is -0.355 e. The van der Waals surface area contributed by atoms with E-state index in [-0.39, 0.29) is 35.8 Å². The molecule has 2 fully saturated rings. The van der Waals surface area contributed by atoms with Crippen LogP contribution in [0.25, 0.3) is 0 Å². The maximum absolute atomic E-state index is 11.6. The summed E-state index contributed by atoms with van der Waals surface area (Å²) in [5.41, 5.74) is 0. The Bertz CT molecular complexity index is 384. The largest absolute Gasteiger partial charge is 0.355 e. The standard InChI is InChI=1S/C13H22N4O2.HI/c1-9-8-10(9)16-13(14-2)15-6-7-17-11(18)4-3-5-12(17)19;/h9-10H,3-8H2,1-2H3,(H2,14,15,16);1H. The van der Waals surface area contributed by atoms with E-state index in [1.807, 2.05) is 0 Å². The Morgan fingerprint density at radius 1 is 1.35 bits per heavy atom. The van der Waals surface area contributed by atoms with Gasteiger partial charge < -0.3 is 10.6 Å². The molecule has 114 valence electrons. The van der Waals surface area contributed by atoms with Gasteiger partial charge in [0.2, 0.25) is 11.8 Å². The zero-order chi connectivity index (χ0) is 13.8. The Labute approximate surface area is 136 Å². The Morgan fingerprint density at radius 3 is 2.45 bits per heavy atom. The lowest BCUT2D eigenvalue weighted by molar-refractivity contribution is -0.147. The molecule has 0 aromatic carbocycles. The van der Waals surface area contributed by atoms with Crippen molar-refractivity contribution in [3.63, 3.8) is 0 Å². The van der Waals surface area contributed by atoms with Crippen LogP contribution in [0.15, 0.2) is 4.99 Å². The van der Waals surface area contributed by atoms with Gasteiger partial charge in [0, 0.05) is 39.0 Å². The number of nitrogens with one attached hydrogen (secondary N) is 2. The van der Waals surface area contributed by atoms with E-state index in [4.69, 9.17) is 0 Å². The molecule has 2 amide bonds. The summed E-state index contributed by atoms with van der Waals surface area (Å²) >= 11 is 0. The SMILES string of the molecule is CN=C(NCCN1C(=O)CCCC1=O)NC1CC1C.I. The Kier molecular flexibility index (Phi) is 6.70. The third-order valence-corrected chi connectivity index (χ3v) is 3.67. The molecule has 2 atom stereocenters. The molecule has 2 aliphatic rings. The van der Waals surface area contributed by atoms with E-state index in [2.05, 4.69) is 22.5 Å². The van der Waals surface area contributed by atoms with Crippen LogP contribution in [0.3, 0.4) is 0 Å². The average molecular weight is 394 g/mol. The van der Waals surface area contributed by atoms with Gasteiger partial charge in [-0.1, -0.05) is 6.92 Å². The maximum Gasteiger partial charge on any atom is 0.229 e. The van der Waals surface area contributed by atoms with Gasteiger partial charge >= 0.3 is 0 Å². The number of imide groups is 1. The van der Waals surface area contributed by atoms with Gasteiger partial charge in [-0.3, -0.25) is 19.5 Å². The fourth-order valence-corrected chi connectivity index (χ4v) is 2.23. The summed E-state index contributed by atoms with van der Waals surface area (Å²) in [7, 11) is 1.72. The molecule has 0 spiro atoms. The van der Waals surface area contributed by atoms with Crippen molar-refractivity contribution in [3.05, 3.63) is 0 Å². The molecule has 1 heterocycles. The van der Waals surface area contributed by atoms with Crippen molar-refractivity contribution in [2.45, 2.75) is 38.6 Å². The summed E-state index contributed by atoms with van der Waals surface area (Å²) in [5, 5.41) is 6.44. The number of nitrogens with zero attached hydrogens (tertiary/aromatic N) is 2. The lowest BCUT2D eigenvalue weighted by atomic mass is 10.1. The van der Waals surface area contributed by atoms with Crippen LogP contribution in [-0.4, -0.2) is 48.9 Å². The van der Waals surface area contributed by atoms with Crippen molar-refractivity contribution < 1.29 is 9.59 Å². The third kappa shape index (κ3) is 4.60. The first kappa shape index (κ1) is 17.2. The number of likely N-dealkylation sites (tertiary alicyclic amines) is 1. The number of carbonyl (C=O) groups is 2. The van der Waals surface area contributed by atoms with E-state index in [1.54, 1.807) is 7.05 Å². The lowest BCUT2D eigenvalue weighted by Gasteiger charge is -2.25. The minimum absolute atomic E-state index is 0. The molecule has 1 saturated heterocycles. The first-order valence-corrected chi connectivity index (χ1v) is 6.92. The molecule has 1 aliphatic carbocycles. The molecule has 0 bridgehead atoms. The van der Waals surface area contributed by atoms with Crippen molar-refractivity contribution in [2.24, 2.45) is 10.9 Å². The average Bonchev–Trinajstić information content (AvgIpc) is 3.07. The molecule has 2 unspecified atom stereocenters. The van der Waals surface area contributed by atoms with Crippen LogP contribution in [0, 0.1) is 5.92 Å². The van der Waals surface area contributed by atoms with Crippen molar-refractivity contribution in [2.75, 3.05) is 20.1 Å². The highest BCUT2D eigenvalue weighted by Gasteiger charge is 2.33. The maximum atomic E-state index is 11.6. The van der Waals surface area contributed by atoms with Gasteiger partial charge in [-0.2, -0.15) is 0 Å². The lowest BCUT2D eigenvalue weighted by Crippen LogP contribution is -2.47. The van der Waals surface area contributed by atoms with Crippen LogP contribution in [0.5, 0.6) is 0 Å². The van der Waals surface area contributed by atoms with Crippen LogP contribution >= 0.6 is 24.0 Å². The van der Waals surface area contributed by atoms with E-state index < -0.39 is 0 Å². The Morgan fingerprint density at radius 2 is 1.95 bits per heavy atom. The second-order valence-corrected chi connectivity index (χ2v) is 5.26. The normalized spacial score (nSPS) is 26.1. The number of carbonyl (C=O) groups excluding carboxylic acids is 2. The molecule has 6 nitrogen and oxygen atoms in total. The predicted molar refractivity (Wildman–Crippen MR) is 88.1 cm³/mol. The van der Waals surface area contributed by atoms with Gasteiger partial charge in [-0.15, -0.1) is 24.0 Å². The van der Waals surface area contributed by atoms with Crippen LogP contribution < -0.4 is 10.6 Å². The molecule has 1 saturated carbocycles. The molecular weight excluding hydrogens is 371 g/mol. The summed E-state index contributed by atoms with van der Waals surface area (Å²) in [6, 6.07) is 0.504. The summed E-state index contributed by atoms with van der Waals surface area (Å²) in [5.74, 6) is 1.32. The fraction of sp³-hybridized carbons (Fsp3) is 0.769. The Balaban J connectivity index is 0.00000200. The van der Waals surface area contributed by atoms with E-state index in [9.17, 15) is 9.59 Å². The van der Waals surface area contributed by atoms with Crippen molar-refractivity contribution in [1.82, 2.24) is 15.5 Å². The smallest absolute Gasteiger partial charge is 0.229 e. The second-order valence-electron chi connectivity index (χ2n) is 5.26. The number of piperidine rings is 1. The zero-order valence-electron chi connectivity index (χ0n) is 12.0. The molecule has 0 aromatic rings. The minimum atomic E-state index is -0.0585. The third-order valence-electron chi connectivity index (χ3n) is 3.67. The monoisotopic (exact) mass is 394 g/mol. The number of aliphatic imine (C=N–C) groups is 1. The van der Waals surface area contributed by atoms with Gasteiger partial charge in [0.05, 0.1) is 0 Å². The van der Waals surface area contributed by atoms with Crippen LogP contribution in [0.4, 0.5) is 0 Å². The molecule has 2 N–H and O–H groups in total. The van der Waals surface area contributed by atoms with Gasteiger partial charge in [-0.05, 0) is 18.8 Å². The number of guanidine groups is 1. The number of hydrogen-bond donors (Lipinski definition) is 2. The molecular formula is C13H23IN4O2. The number of halogens is 1.